The van der Waals surface area contributed by atoms with E-state index in [-0.39, 0.29) is 12.8 Å². The number of hydrogen-bond acceptors (Lipinski definition) is 2. The summed E-state index contributed by atoms with van der Waals surface area (Å²) in [5, 5.41) is 6.77. The molecule has 0 aromatic rings. The molecule has 0 radical (unpaired) electrons. The van der Waals surface area contributed by atoms with Gasteiger partial charge in [0.2, 0.25) is 0 Å². The SMILES string of the molecule is CCC(CC)(C(=O)O)P(=O)(O)O.CCCCCCl. The Morgan fingerprint density at radius 3 is 1.67 bits per heavy atom. The zero-order chi connectivity index (χ0) is 14.8. The number of carbonyl (C=O) groups is 1. The van der Waals surface area contributed by atoms with E-state index < -0.39 is 18.7 Å². The summed E-state index contributed by atoms with van der Waals surface area (Å²) in [4.78, 5) is 28.3. The summed E-state index contributed by atoms with van der Waals surface area (Å²) < 4.78 is 10.9. The second kappa shape index (κ2) is 9.79. The third-order valence-electron chi connectivity index (χ3n) is 2.86. The number of carboxylic acids is 1. The standard InChI is InChI=1S/C6H13O5P.C5H11Cl/c1-3-6(4-2,5(7)8)12(9,10)11;1-2-3-4-5-6/h3-4H2,1-2H3,(H,7,8)(H2,9,10,11);2-5H2,1H3. The molecule has 0 bridgehead atoms. The third-order valence-corrected chi connectivity index (χ3v) is 5.07. The van der Waals surface area contributed by atoms with Crippen LogP contribution in [0.15, 0.2) is 0 Å². The molecule has 18 heavy (non-hydrogen) atoms. The molecule has 0 aliphatic rings. The fourth-order valence-electron chi connectivity index (χ4n) is 1.43. The van der Waals surface area contributed by atoms with Gasteiger partial charge in [0.05, 0.1) is 0 Å². The van der Waals surface area contributed by atoms with Gasteiger partial charge in [-0.15, -0.1) is 11.6 Å². The molecule has 0 atom stereocenters. The highest BCUT2D eigenvalue weighted by Crippen LogP contribution is 2.54. The van der Waals surface area contributed by atoms with Crippen LogP contribution in [0.4, 0.5) is 0 Å². The minimum Gasteiger partial charge on any atom is -0.480 e. The number of unbranched alkanes of at least 4 members (excludes halogenated alkanes) is 2. The highest BCUT2D eigenvalue weighted by molar-refractivity contribution is 7.54. The predicted molar refractivity (Wildman–Crippen MR) is 73.2 cm³/mol. The predicted octanol–water partition coefficient (Wildman–Crippen LogP) is 3.22. The average molecular weight is 303 g/mol. The van der Waals surface area contributed by atoms with Crippen LogP contribution in [0.1, 0.15) is 52.9 Å². The lowest BCUT2D eigenvalue weighted by atomic mass is 10.0. The fraction of sp³-hybridized carbons (Fsp3) is 0.909. The lowest BCUT2D eigenvalue weighted by molar-refractivity contribution is -0.140. The van der Waals surface area contributed by atoms with Crippen molar-refractivity contribution >= 4 is 25.2 Å². The summed E-state index contributed by atoms with van der Waals surface area (Å²) in [6, 6.07) is 0. The Morgan fingerprint density at radius 2 is 1.61 bits per heavy atom. The Bertz CT molecular complexity index is 269. The van der Waals surface area contributed by atoms with Crippen molar-refractivity contribution < 1.29 is 24.3 Å². The first-order valence-electron chi connectivity index (χ1n) is 6.08. The summed E-state index contributed by atoms with van der Waals surface area (Å²) in [5.41, 5.74) is 0. The number of halogens is 1. The van der Waals surface area contributed by atoms with Crippen LogP contribution in [0.25, 0.3) is 0 Å². The molecule has 0 saturated heterocycles. The van der Waals surface area contributed by atoms with E-state index in [0.29, 0.717) is 0 Å². The quantitative estimate of drug-likeness (QED) is 0.381. The maximum Gasteiger partial charge on any atom is 0.342 e. The highest BCUT2D eigenvalue weighted by Gasteiger charge is 2.50. The number of aliphatic carboxylic acids is 1. The van der Waals surface area contributed by atoms with E-state index in [9.17, 15) is 9.36 Å². The zero-order valence-corrected chi connectivity index (χ0v) is 12.9. The Hall–Kier alpha value is -0.0900. The highest BCUT2D eigenvalue weighted by atomic mass is 35.5. The lowest BCUT2D eigenvalue weighted by Crippen LogP contribution is -2.36. The molecule has 0 aromatic carbocycles. The van der Waals surface area contributed by atoms with Crippen molar-refractivity contribution in [3.05, 3.63) is 0 Å². The van der Waals surface area contributed by atoms with Crippen molar-refractivity contribution in [2.45, 2.75) is 58.0 Å². The van der Waals surface area contributed by atoms with Gasteiger partial charge in [0.1, 0.15) is 0 Å². The van der Waals surface area contributed by atoms with Crippen molar-refractivity contribution in [2.75, 3.05) is 5.88 Å². The molecule has 0 spiro atoms. The van der Waals surface area contributed by atoms with Crippen molar-refractivity contribution in [3.8, 4) is 0 Å². The molecular weight excluding hydrogens is 279 g/mol. The third kappa shape index (κ3) is 6.19. The van der Waals surface area contributed by atoms with Crippen LogP contribution in [0.2, 0.25) is 0 Å². The molecule has 110 valence electrons. The molecule has 0 unspecified atom stereocenters. The van der Waals surface area contributed by atoms with Crippen LogP contribution >= 0.6 is 19.2 Å². The van der Waals surface area contributed by atoms with Crippen LogP contribution in [-0.4, -0.2) is 31.9 Å². The van der Waals surface area contributed by atoms with E-state index in [4.69, 9.17) is 26.5 Å². The first-order chi connectivity index (χ1) is 8.23. The van der Waals surface area contributed by atoms with Crippen LogP contribution in [0.3, 0.4) is 0 Å². The summed E-state index contributed by atoms with van der Waals surface area (Å²) in [6.45, 7) is 5.08. The molecule has 7 heteroatoms. The first-order valence-corrected chi connectivity index (χ1v) is 8.23. The number of hydrogen-bond donors (Lipinski definition) is 3. The molecule has 5 nitrogen and oxygen atoms in total. The monoisotopic (exact) mass is 302 g/mol. The average Bonchev–Trinajstić information content (AvgIpc) is 2.27. The normalized spacial score (nSPS) is 11.7. The van der Waals surface area contributed by atoms with Crippen molar-refractivity contribution in [1.29, 1.82) is 0 Å². The smallest absolute Gasteiger partial charge is 0.342 e. The van der Waals surface area contributed by atoms with Gasteiger partial charge in [0.25, 0.3) is 0 Å². The second-order valence-electron chi connectivity index (χ2n) is 3.98. The van der Waals surface area contributed by atoms with Gasteiger partial charge in [-0.05, 0) is 19.3 Å². The topological polar surface area (TPSA) is 94.8 Å². The Balaban J connectivity index is 0. The maximum atomic E-state index is 10.9. The van der Waals surface area contributed by atoms with Crippen LogP contribution in [-0.2, 0) is 9.36 Å². The summed E-state index contributed by atoms with van der Waals surface area (Å²) in [6.07, 6.45) is 3.60. The van der Waals surface area contributed by atoms with E-state index >= 15 is 0 Å². The molecule has 0 aliphatic heterocycles. The fourth-order valence-corrected chi connectivity index (χ4v) is 2.70. The minimum absolute atomic E-state index is 0.0664. The molecule has 0 aromatic heterocycles. The van der Waals surface area contributed by atoms with Gasteiger partial charge in [0, 0.05) is 5.88 Å². The van der Waals surface area contributed by atoms with Crippen molar-refractivity contribution in [3.63, 3.8) is 0 Å². The lowest BCUT2D eigenvalue weighted by Gasteiger charge is -2.26. The molecule has 0 aliphatic carbocycles. The van der Waals surface area contributed by atoms with E-state index in [1.54, 1.807) is 0 Å². The van der Waals surface area contributed by atoms with Gasteiger partial charge < -0.3 is 14.9 Å². The summed E-state index contributed by atoms with van der Waals surface area (Å²) in [7, 11) is -4.56. The van der Waals surface area contributed by atoms with Gasteiger partial charge in [-0.3, -0.25) is 9.36 Å². The molecular formula is C11H24ClO5P. The molecule has 0 fully saturated rings. The summed E-state index contributed by atoms with van der Waals surface area (Å²) >= 11 is 5.38. The Labute approximate surface area is 114 Å². The summed E-state index contributed by atoms with van der Waals surface area (Å²) in [5.74, 6) is -0.603. The number of carboxylic acid groups (broad SMARTS) is 1. The first kappa shape index (κ1) is 20.2. The number of rotatable bonds is 7. The zero-order valence-electron chi connectivity index (χ0n) is 11.2. The van der Waals surface area contributed by atoms with Crippen molar-refractivity contribution in [2.24, 2.45) is 0 Å². The largest absolute Gasteiger partial charge is 0.480 e. The second-order valence-corrected chi connectivity index (χ2v) is 6.31. The minimum atomic E-state index is -4.56. The number of alkyl halides is 1. The Morgan fingerprint density at radius 1 is 1.17 bits per heavy atom. The van der Waals surface area contributed by atoms with Gasteiger partial charge in [-0.2, -0.15) is 0 Å². The Kier molecular flexibility index (Phi) is 11.0. The van der Waals surface area contributed by atoms with E-state index in [0.717, 1.165) is 5.88 Å². The van der Waals surface area contributed by atoms with E-state index in [1.807, 2.05) is 0 Å². The van der Waals surface area contributed by atoms with Gasteiger partial charge >= 0.3 is 13.6 Å². The van der Waals surface area contributed by atoms with Gasteiger partial charge in [-0.1, -0.05) is 33.6 Å². The van der Waals surface area contributed by atoms with Crippen molar-refractivity contribution in [1.82, 2.24) is 0 Å². The molecule has 0 saturated carbocycles. The van der Waals surface area contributed by atoms with Crippen LogP contribution in [0.5, 0.6) is 0 Å². The van der Waals surface area contributed by atoms with Gasteiger partial charge in [-0.25, -0.2) is 0 Å². The van der Waals surface area contributed by atoms with Gasteiger partial charge in [0.15, 0.2) is 5.16 Å². The molecule has 0 amide bonds. The van der Waals surface area contributed by atoms with Crippen LogP contribution in [0, 0.1) is 0 Å². The van der Waals surface area contributed by atoms with E-state index in [1.165, 1.54) is 33.1 Å². The molecule has 0 rings (SSSR count). The molecule has 0 heterocycles. The molecule has 3 N–H and O–H groups in total. The van der Waals surface area contributed by atoms with Crippen LogP contribution < -0.4 is 0 Å². The van der Waals surface area contributed by atoms with E-state index in [2.05, 4.69) is 6.92 Å². The maximum absolute atomic E-state index is 10.9.